The second-order valence-electron chi connectivity index (χ2n) is 4.37. The van der Waals surface area contributed by atoms with Crippen molar-refractivity contribution in [1.82, 2.24) is 4.98 Å². The van der Waals surface area contributed by atoms with Gasteiger partial charge in [0.25, 0.3) is 0 Å². The molecule has 3 N–H and O–H groups in total. The van der Waals surface area contributed by atoms with Gasteiger partial charge >= 0.3 is 0 Å². The third-order valence-corrected chi connectivity index (χ3v) is 4.01. The minimum absolute atomic E-state index is 0.0612. The summed E-state index contributed by atoms with van der Waals surface area (Å²) in [4.78, 5) is 16.6. The van der Waals surface area contributed by atoms with E-state index in [-0.39, 0.29) is 5.91 Å². The lowest BCUT2D eigenvalue weighted by Gasteiger charge is -2.18. The molecule has 0 fully saturated rings. The predicted octanol–water partition coefficient (Wildman–Crippen LogP) is 2.70. The lowest BCUT2D eigenvalue weighted by Crippen LogP contribution is -2.19. The number of carbonyl (C=O) groups excluding carboxylic acids is 1. The first kappa shape index (κ1) is 12.0. The zero-order valence-electron chi connectivity index (χ0n) is 10.2. The number of nitrogens with one attached hydrogen (secondary N) is 1. The van der Waals surface area contributed by atoms with Crippen molar-refractivity contribution in [3.63, 3.8) is 0 Å². The average molecular weight is 271 g/mol. The number of nitrogens with zero attached hydrogens (tertiary/aromatic N) is 1. The molecular formula is C14H13N3OS. The number of nitrogens with two attached hydrogens (primary N) is 1. The third kappa shape index (κ3) is 2.56. The number of rotatable bonds is 2. The molecule has 96 valence electrons. The molecular weight excluding hydrogens is 258 g/mol. The van der Waals surface area contributed by atoms with Gasteiger partial charge in [-0.05, 0) is 36.2 Å². The Morgan fingerprint density at radius 3 is 2.95 bits per heavy atom. The molecule has 0 unspecified atom stereocenters. The van der Waals surface area contributed by atoms with Gasteiger partial charge in [0.2, 0.25) is 5.91 Å². The zero-order chi connectivity index (χ0) is 13.2. The van der Waals surface area contributed by atoms with E-state index in [9.17, 15) is 4.79 Å². The van der Waals surface area contributed by atoms with Crippen molar-refractivity contribution in [2.45, 2.75) is 22.8 Å². The maximum atomic E-state index is 11.4. The van der Waals surface area contributed by atoms with Crippen LogP contribution in [-0.2, 0) is 11.2 Å². The highest BCUT2D eigenvalue weighted by atomic mass is 32.2. The van der Waals surface area contributed by atoms with E-state index < -0.39 is 0 Å². The molecule has 5 heteroatoms. The van der Waals surface area contributed by atoms with Crippen LogP contribution < -0.4 is 11.1 Å². The van der Waals surface area contributed by atoms with E-state index in [1.807, 2.05) is 30.3 Å². The molecule has 0 bridgehead atoms. The molecule has 0 atom stereocenters. The monoisotopic (exact) mass is 271 g/mol. The van der Waals surface area contributed by atoms with E-state index in [4.69, 9.17) is 5.73 Å². The Hall–Kier alpha value is -2.01. The van der Waals surface area contributed by atoms with E-state index in [0.29, 0.717) is 6.42 Å². The van der Waals surface area contributed by atoms with Gasteiger partial charge in [0, 0.05) is 28.9 Å². The number of fused-ring (bicyclic) bond motifs is 1. The summed E-state index contributed by atoms with van der Waals surface area (Å²) in [6.45, 7) is 0. The van der Waals surface area contributed by atoms with Crippen molar-refractivity contribution in [1.29, 1.82) is 0 Å². The summed E-state index contributed by atoms with van der Waals surface area (Å²) >= 11 is 1.50. The largest absolute Gasteiger partial charge is 0.398 e. The Kier molecular flexibility index (Phi) is 3.13. The van der Waals surface area contributed by atoms with E-state index in [2.05, 4.69) is 10.3 Å². The first-order valence-corrected chi connectivity index (χ1v) is 6.85. The van der Waals surface area contributed by atoms with Crippen LogP contribution in [0.15, 0.2) is 46.5 Å². The fourth-order valence-electron chi connectivity index (χ4n) is 2.04. The quantitative estimate of drug-likeness (QED) is 0.824. The SMILES string of the molecule is Nc1cc2c(cc1Sc1ccccn1)NC(=O)CC2. The fraction of sp³-hybridized carbons (Fsp3) is 0.143. The summed E-state index contributed by atoms with van der Waals surface area (Å²) in [6, 6.07) is 9.62. The Morgan fingerprint density at radius 2 is 2.16 bits per heavy atom. The molecule has 0 spiro atoms. The molecule has 0 radical (unpaired) electrons. The van der Waals surface area contributed by atoms with Crippen LogP contribution in [0, 0.1) is 0 Å². The number of benzene rings is 1. The van der Waals surface area contributed by atoms with Gasteiger partial charge in [0.15, 0.2) is 0 Å². The maximum Gasteiger partial charge on any atom is 0.224 e. The number of amides is 1. The van der Waals surface area contributed by atoms with E-state index in [1.54, 1.807) is 6.20 Å². The maximum absolute atomic E-state index is 11.4. The number of anilines is 2. The molecule has 19 heavy (non-hydrogen) atoms. The molecule has 1 aromatic heterocycles. The van der Waals surface area contributed by atoms with Crippen LogP contribution in [0.3, 0.4) is 0 Å². The molecule has 4 nitrogen and oxygen atoms in total. The normalized spacial score (nSPS) is 13.8. The number of hydrogen-bond donors (Lipinski definition) is 2. The minimum Gasteiger partial charge on any atom is -0.398 e. The molecule has 1 aliphatic heterocycles. The van der Waals surface area contributed by atoms with E-state index >= 15 is 0 Å². The Bertz CT molecular complexity index is 628. The second-order valence-corrected chi connectivity index (χ2v) is 5.43. The van der Waals surface area contributed by atoms with Gasteiger partial charge in [-0.2, -0.15) is 0 Å². The number of hydrogen-bond acceptors (Lipinski definition) is 4. The van der Waals surface area contributed by atoms with Gasteiger partial charge in [-0.3, -0.25) is 4.79 Å². The summed E-state index contributed by atoms with van der Waals surface area (Å²) < 4.78 is 0. The highest BCUT2D eigenvalue weighted by Gasteiger charge is 2.17. The van der Waals surface area contributed by atoms with Crippen LogP contribution in [0.25, 0.3) is 0 Å². The molecule has 2 aromatic rings. The zero-order valence-corrected chi connectivity index (χ0v) is 11.0. The average Bonchev–Trinajstić information content (AvgIpc) is 2.41. The van der Waals surface area contributed by atoms with Crippen molar-refractivity contribution >= 4 is 29.0 Å². The van der Waals surface area contributed by atoms with Gasteiger partial charge in [-0.25, -0.2) is 4.98 Å². The van der Waals surface area contributed by atoms with Crippen LogP contribution in [0.1, 0.15) is 12.0 Å². The number of nitrogen functional groups attached to an aromatic ring is 1. The molecule has 3 rings (SSSR count). The van der Waals surface area contributed by atoms with Crippen molar-refractivity contribution < 1.29 is 4.79 Å². The molecule has 1 amide bonds. The summed E-state index contributed by atoms with van der Waals surface area (Å²) in [7, 11) is 0. The predicted molar refractivity (Wildman–Crippen MR) is 76.2 cm³/mol. The molecule has 0 saturated carbocycles. The summed E-state index contributed by atoms with van der Waals surface area (Å²) in [5.41, 5.74) is 8.76. The summed E-state index contributed by atoms with van der Waals surface area (Å²) in [6.07, 6.45) is 3.03. The van der Waals surface area contributed by atoms with Gasteiger partial charge in [-0.1, -0.05) is 17.8 Å². The topological polar surface area (TPSA) is 68.0 Å². The Balaban J connectivity index is 1.94. The number of pyridine rings is 1. The van der Waals surface area contributed by atoms with Crippen molar-refractivity contribution in [3.05, 3.63) is 42.1 Å². The van der Waals surface area contributed by atoms with Crippen LogP contribution in [0.2, 0.25) is 0 Å². The van der Waals surface area contributed by atoms with Gasteiger partial charge < -0.3 is 11.1 Å². The van der Waals surface area contributed by atoms with Crippen LogP contribution in [-0.4, -0.2) is 10.9 Å². The molecule has 1 aliphatic rings. The Morgan fingerprint density at radius 1 is 1.26 bits per heavy atom. The summed E-state index contributed by atoms with van der Waals surface area (Å²) in [5, 5.41) is 3.77. The third-order valence-electron chi connectivity index (χ3n) is 2.98. The van der Waals surface area contributed by atoms with E-state index in [0.717, 1.165) is 33.3 Å². The van der Waals surface area contributed by atoms with Crippen LogP contribution in [0.4, 0.5) is 11.4 Å². The Labute approximate surface area is 115 Å². The van der Waals surface area contributed by atoms with Crippen LogP contribution >= 0.6 is 11.8 Å². The first-order chi connectivity index (χ1) is 9.22. The number of aryl methyl sites for hydroxylation is 1. The van der Waals surface area contributed by atoms with Gasteiger partial charge in [0.1, 0.15) is 5.03 Å². The highest BCUT2D eigenvalue weighted by Crippen LogP contribution is 2.36. The number of aromatic nitrogens is 1. The van der Waals surface area contributed by atoms with E-state index in [1.165, 1.54) is 11.8 Å². The van der Waals surface area contributed by atoms with Crippen LogP contribution in [0.5, 0.6) is 0 Å². The van der Waals surface area contributed by atoms with Crippen molar-refractivity contribution in [3.8, 4) is 0 Å². The molecule has 1 aromatic carbocycles. The molecule has 0 saturated heterocycles. The van der Waals surface area contributed by atoms with Gasteiger partial charge in [0.05, 0.1) is 0 Å². The minimum atomic E-state index is 0.0612. The fourth-order valence-corrected chi connectivity index (χ4v) is 2.88. The van der Waals surface area contributed by atoms with Crippen molar-refractivity contribution in [2.75, 3.05) is 11.1 Å². The number of carbonyl (C=O) groups is 1. The summed E-state index contributed by atoms with van der Waals surface area (Å²) in [5.74, 6) is 0.0612. The standard InChI is InChI=1S/C14H13N3OS/c15-10-7-9-4-5-13(18)17-11(9)8-12(10)19-14-3-1-2-6-16-14/h1-3,6-8H,4-5,15H2,(H,17,18). The molecule has 0 aliphatic carbocycles. The highest BCUT2D eigenvalue weighted by molar-refractivity contribution is 7.99. The van der Waals surface area contributed by atoms with Gasteiger partial charge in [-0.15, -0.1) is 0 Å². The molecule has 2 heterocycles. The smallest absolute Gasteiger partial charge is 0.224 e. The lowest BCUT2D eigenvalue weighted by molar-refractivity contribution is -0.116. The lowest BCUT2D eigenvalue weighted by atomic mass is 10.0. The first-order valence-electron chi connectivity index (χ1n) is 6.03. The van der Waals surface area contributed by atoms with Crippen molar-refractivity contribution in [2.24, 2.45) is 0 Å². The second kappa shape index (κ2) is 4.93.